The topological polar surface area (TPSA) is 50.4 Å². The lowest BCUT2D eigenvalue weighted by molar-refractivity contribution is -0.141. The molecule has 0 aromatic heterocycles. The fraction of sp³-hybridized carbons (Fsp3) is 0.938. The van der Waals surface area contributed by atoms with Gasteiger partial charge < -0.3 is 15.4 Å². The summed E-state index contributed by atoms with van der Waals surface area (Å²) < 4.78 is 5.74. The SMILES string of the molecule is CCCC1(C(=O)NC2CC(OCC)C2(C)C)CCCN1. The van der Waals surface area contributed by atoms with Crippen molar-refractivity contribution in [2.45, 2.75) is 77.5 Å². The van der Waals surface area contributed by atoms with Crippen LogP contribution in [0.15, 0.2) is 0 Å². The van der Waals surface area contributed by atoms with Gasteiger partial charge in [-0.05, 0) is 39.2 Å². The summed E-state index contributed by atoms with van der Waals surface area (Å²) in [5.41, 5.74) is -0.279. The van der Waals surface area contributed by atoms with Crippen molar-refractivity contribution >= 4 is 5.91 Å². The zero-order valence-electron chi connectivity index (χ0n) is 13.4. The fourth-order valence-corrected chi connectivity index (χ4v) is 3.66. The van der Waals surface area contributed by atoms with Gasteiger partial charge in [0.05, 0.1) is 11.6 Å². The normalized spacial score (nSPS) is 35.6. The van der Waals surface area contributed by atoms with Gasteiger partial charge in [-0.25, -0.2) is 0 Å². The van der Waals surface area contributed by atoms with E-state index < -0.39 is 0 Å². The molecule has 4 nitrogen and oxygen atoms in total. The minimum Gasteiger partial charge on any atom is -0.378 e. The van der Waals surface area contributed by atoms with Crippen LogP contribution in [0.4, 0.5) is 0 Å². The molecule has 1 amide bonds. The van der Waals surface area contributed by atoms with Gasteiger partial charge in [0.1, 0.15) is 0 Å². The first-order valence-corrected chi connectivity index (χ1v) is 8.14. The monoisotopic (exact) mass is 282 g/mol. The summed E-state index contributed by atoms with van der Waals surface area (Å²) >= 11 is 0. The summed E-state index contributed by atoms with van der Waals surface area (Å²) in [6.07, 6.45) is 5.25. The maximum absolute atomic E-state index is 12.7. The van der Waals surface area contributed by atoms with E-state index in [2.05, 4.69) is 31.4 Å². The lowest BCUT2D eigenvalue weighted by Gasteiger charge is -2.52. The molecule has 2 fully saturated rings. The van der Waals surface area contributed by atoms with Gasteiger partial charge in [-0.15, -0.1) is 0 Å². The van der Waals surface area contributed by atoms with Gasteiger partial charge in [0.15, 0.2) is 0 Å². The van der Waals surface area contributed by atoms with Crippen LogP contribution in [0.5, 0.6) is 0 Å². The second kappa shape index (κ2) is 6.02. The number of hydrogen-bond donors (Lipinski definition) is 2. The first-order chi connectivity index (χ1) is 9.46. The molecule has 1 aliphatic carbocycles. The highest BCUT2D eigenvalue weighted by Crippen LogP contribution is 2.43. The third-order valence-electron chi connectivity index (χ3n) is 5.21. The average Bonchev–Trinajstić information content (AvgIpc) is 2.88. The van der Waals surface area contributed by atoms with Crippen molar-refractivity contribution in [1.82, 2.24) is 10.6 Å². The Labute approximate surface area is 123 Å². The number of nitrogens with one attached hydrogen (secondary N) is 2. The maximum atomic E-state index is 12.7. The number of carbonyl (C=O) groups excluding carboxylic acids is 1. The van der Waals surface area contributed by atoms with Crippen molar-refractivity contribution in [2.24, 2.45) is 5.41 Å². The molecule has 20 heavy (non-hydrogen) atoms. The molecule has 0 aromatic carbocycles. The minimum atomic E-state index is -0.318. The highest BCUT2D eigenvalue weighted by Gasteiger charge is 2.51. The third-order valence-corrected chi connectivity index (χ3v) is 5.21. The van der Waals surface area contributed by atoms with Crippen molar-refractivity contribution in [3.63, 3.8) is 0 Å². The molecule has 0 bridgehead atoms. The van der Waals surface area contributed by atoms with Crippen LogP contribution in [0.25, 0.3) is 0 Å². The van der Waals surface area contributed by atoms with Gasteiger partial charge in [-0.3, -0.25) is 4.79 Å². The summed E-state index contributed by atoms with van der Waals surface area (Å²) in [6, 6.07) is 0.239. The van der Waals surface area contributed by atoms with Crippen LogP contribution in [-0.4, -0.2) is 36.7 Å². The standard InChI is InChI=1S/C16H30N2O2/c1-5-8-16(9-7-10-17-16)14(19)18-12-11-13(20-6-2)15(12,3)4/h12-13,17H,5-11H2,1-4H3,(H,18,19). The zero-order valence-corrected chi connectivity index (χ0v) is 13.4. The van der Waals surface area contributed by atoms with E-state index in [-0.39, 0.29) is 29.0 Å². The second-order valence-corrected chi connectivity index (χ2v) is 6.89. The van der Waals surface area contributed by atoms with Gasteiger partial charge in [-0.1, -0.05) is 27.2 Å². The van der Waals surface area contributed by atoms with Crippen LogP contribution in [0, 0.1) is 5.41 Å². The molecular weight excluding hydrogens is 252 g/mol. The molecule has 2 N–H and O–H groups in total. The first-order valence-electron chi connectivity index (χ1n) is 8.14. The largest absolute Gasteiger partial charge is 0.378 e. The lowest BCUT2D eigenvalue weighted by atomic mass is 9.64. The van der Waals surface area contributed by atoms with Gasteiger partial charge in [0.25, 0.3) is 0 Å². The van der Waals surface area contributed by atoms with Crippen LogP contribution < -0.4 is 10.6 Å². The molecule has 2 aliphatic rings. The van der Waals surface area contributed by atoms with Crippen LogP contribution in [0.2, 0.25) is 0 Å². The summed E-state index contributed by atoms with van der Waals surface area (Å²) in [4.78, 5) is 12.7. The second-order valence-electron chi connectivity index (χ2n) is 6.89. The van der Waals surface area contributed by atoms with Crippen molar-refractivity contribution in [3.8, 4) is 0 Å². The predicted octanol–water partition coefficient (Wildman–Crippen LogP) is 2.23. The molecule has 3 unspecified atom stereocenters. The Morgan fingerprint density at radius 2 is 2.15 bits per heavy atom. The van der Waals surface area contributed by atoms with Crippen molar-refractivity contribution in [1.29, 1.82) is 0 Å². The number of carbonyl (C=O) groups is 1. The number of rotatable bonds is 6. The van der Waals surface area contributed by atoms with E-state index in [0.717, 1.165) is 45.3 Å². The van der Waals surface area contributed by atoms with Crippen LogP contribution in [0.3, 0.4) is 0 Å². The fourth-order valence-electron chi connectivity index (χ4n) is 3.66. The maximum Gasteiger partial charge on any atom is 0.240 e. The molecule has 1 heterocycles. The van der Waals surface area contributed by atoms with E-state index in [4.69, 9.17) is 4.74 Å². The predicted molar refractivity (Wildman–Crippen MR) is 80.6 cm³/mol. The van der Waals surface area contributed by atoms with Gasteiger partial charge in [0.2, 0.25) is 5.91 Å². The summed E-state index contributed by atoms with van der Waals surface area (Å²) in [7, 11) is 0. The Kier molecular flexibility index (Phi) is 4.75. The molecule has 1 aliphatic heterocycles. The van der Waals surface area contributed by atoms with E-state index >= 15 is 0 Å². The molecule has 0 aromatic rings. The highest BCUT2D eigenvalue weighted by atomic mass is 16.5. The Balaban J connectivity index is 1.95. The Morgan fingerprint density at radius 3 is 2.65 bits per heavy atom. The first kappa shape index (κ1) is 15.8. The van der Waals surface area contributed by atoms with Crippen molar-refractivity contribution < 1.29 is 9.53 Å². The minimum absolute atomic E-state index is 0.0394. The molecule has 1 saturated heterocycles. The lowest BCUT2D eigenvalue weighted by Crippen LogP contribution is -2.66. The number of amides is 1. The van der Waals surface area contributed by atoms with E-state index in [0.29, 0.717) is 0 Å². The van der Waals surface area contributed by atoms with E-state index in [1.807, 2.05) is 6.92 Å². The van der Waals surface area contributed by atoms with E-state index in [1.165, 1.54) is 0 Å². The highest BCUT2D eigenvalue weighted by molar-refractivity contribution is 5.87. The van der Waals surface area contributed by atoms with Crippen molar-refractivity contribution in [2.75, 3.05) is 13.2 Å². The molecule has 3 atom stereocenters. The zero-order chi connectivity index (χ0) is 14.8. The summed E-state index contributed by atoms with van der Waals surface area (Å²) in [5, 5.41) is 6.73. The van der Waals surface area contributed by atoms with E-state index in [1.54, 1.807) is 0 Å². The molecule has 4 heteroatoms. The Morgan fingerprint density at radius 1 is 1.40 bits per heavy atom. The van der Waals surface area contributed by atoms with Crippen LogP contribution >= 0.6 is 0 Å². The molecular formula is C16H30N2O2. The Hall–Kier alpha value is -0.610. The van der Waals surface area contributed by atoms with Crippen molar-refractivity contribution in [3.05, 3.63) is 0 Å². The van der Waals surface area contributed by atoms with Crippen LogP contribution in [0.1, 0.15) is 59.8 Å². The molecule has 116 valence electrons. The molecule has 0 radical (unpaired) electrons. The van der Waals surface area contributed by atoms with Gasteiger partial charge >= 0.3 is 0 Å². The Bertz CT molecular complexity index is 348. The summed E-state index contributed by atoms with van der Waals surface area (Å²) in [6.45, 7) is 10.3. The van der Waals surface area contributed by atoms with Crippen LogP contribution in [-0.2, 0) is 9.53 Å². The van der Waals surface area contributed by atoms with Gasteiger partial charge in [-0.2, -0.15) is 0 Å². The van der Waals surface area contributed by atoms with E-state index in [9.17, 15) is 4.79 Å². The molecule has 2 rings (SSSR count). The quantitative estimate of drug-likeness (QED) is 0.785. The number of hydrogen-bond acceptors (Lipinski definition) is 3. The average molecular weight is 282 g/mol. The molecule has 0 spiro atoms. The smallest absolute Gasteiger partial charge is 0.240 e. The van der Waals surface area contributed by atoms with Gasteiger partial charge in [0, 0.05) is 18.1 Å². The number of ether oxygens (including phenoxy) is 1. The third kappa shape index (κ3) is 2.73. The summed E-state index contributed by atoms with van der Waals surface area (Å²) in [5.74, 6) is 0.199. The molecule has 1 saturated carbocycles.